The van der Waals surface area contributed by atoms with Gasteiger partial charge in [0.25, 0.3) is 0 Å². The predicted molar refractivity (Wildman–Crippen MR) is 62.2 cm³/mol. The summed E-state index contributed by atoms with van der Waals surface area (Å²) < 4.78 is 12.2. The minimum Gasteiger partial charge on any atom is -0.490 e. The van der Waals surface area contributed by atoms with E-state index in [0.717, 1.165) is 29.9 Å². The molecule has 3 nitrogen and oxygen atoms in total. The molecule has 0 aliphatic carbocycles. The number of para-hydroxylation sites is 1. The van der Waals surface area contributed by atoms with Crippen molar-refractivity contribution in [3.05, 3.63) is 28.7 Å². The first-order valence-electron chi connectivity index (χ1n) is 5.06. The van der Waals surface area contributed by atoms with E-state index in [2.05, 4.69) is 21.2 Å². The molecular formula is C11H14BrNO2. The van der Waals surface area contributed by atoms with Crippen LogP contribution in [0.25, 0.3) is 0 Å². The average molecular weight is 272 g/mol. The highest BCUT2D eigenvalue weighted by atomic mass is 79.9. The number of ether oxygens (including phenoxy) is 2. The molecule has 1 atom stereocenters. The average Bonchev–Trinajstić information content (AvgIpc) is 2.29. The van der Waals surface area contributed by atoms with Crippen LogP contribution in [-0.4, -0.2) is 32.4 Å². The Labute approximate surface area is 97.9 Å². The molecule has 15 heavy (non-hydrogen) atoms. The molecule has 1 heterocycles. The fourth-order valence-electron chi connectivity index (χ4n) is 1.47. The Morgan fingerprint density at radius 2 is 2.33 bits per heavy atom. The lowest BCUT2D eigenvalue weighted by Crippen LogP contribution is -2.41. The van der Waals surface area contributed by atoms with Crippen LogP contribution < -0.4 is 10.1 Å². The minimum absolute atomic E-state index is 0.158. The number of nitrogens with one attached hydrogen (secondary N) is 1. The highest BCUT2D eigenvalue weighted by Gasteiger charge is 2.14. The zero-order valence-corrected chi connectivity index (χ0v) is 10.00. The van der Waals surface area contributed by atoms with Gasteiger partial charge in [-0.1, -0.05) is 12.1 Å². The number of hydrogen-bond donors (Lipinski definition) is 1. The van der Waals surface area contributed by atoms with Crippen LogP contribution in [0.2, 0.25) is 0 Å². The quantitative estimate of drug-likeness (QED) is 0.910. The first kappa shape index (κ1) is 10.9. The smallest absolute Gasteiger partial charge is 0.133 e. The molecule has 1 saturated heterocycles. The van der Waals surface area contributed by atoms with Crippen molar-refractivity contribution in [3.8, 4) is 5.75 Å². The monoisotopic (exact) mass is 271 g/mol. The van der Waals surface area contributed by atoms with Crippen molar-refractivity contribution in [1.29, 1.82) is 0 Å². The summed E-state index contributed by atoms with van der Waals surface area (Å²) in [6.45, 7) is 3.16. The summed E-state index contributed by atoms with van der Waals surface area (Å²) in [5.74, 6) is 0.867. The lowest BCUT2D eigenvalue weighted by atomic mass is 10.3. The summed E-state index contributed by atoms with van der Waals surface area (Å²) >= 11 is 3.44. The van der Waals surface area contributed by atoms with E-state index >= 15 is 0 Å². The summed E-state index contributed by atoms with van der Waals surface area (Å²) in [7, 11) is 0. The molecule has 1 aliphatic heterocycles. The third kappa shape index (κ3) is 3.19. The molecule has 2 rings (SSSR count). The molecule has 1 aliphatic rings. The van der Waals surface area contributed by atoms with Gasteiger partial charge in [0.2, 0.25) is 0 Å². The van der Waals surface area contributed by atoms with E-state index in [1.807, 2.05) is 24.3 Å². The first-order chi connectivity index (χ1) is 7.36. The van der Waals surface area contributed by atoms with Gasteiger partial charge in [-0.3, -0.25) is 0 Å². The minimum atomic E-state index is 0.158. The molecule has 0 unspecified atom stereocenters. The summed E-state index contributed by atoms with van der Waals surface area (Å²) in [5.41, 5.74) is 0. The third-order valence-corrected chi connectivity index (χ3v) is 2.92. The predicted octanol–water partition coefficient (Wildman–Crippen LogP) is 1.82. The van der Waals surface area contributed by atoms with Gasteiger partial charge in [-0.25, -0.2) is 0 Å². The Morgan fingerprint density at radius 3 is 3.07 bits per heavy atom. The van der Waals surface area contributed by atoms with Crippen molar-refractivity contribution in [2.24, 2.45) is 0 Å². The lowest BCUT2D eigenvalue weighted by molar-refractivity contribution is 0.0000439. The van der Waals surface area contributed by atoms with E-state index in [0.29, 0.717) is 6.61 Å². The summed E-state index contributed by atoms with van der Waals surface area (Å²) in [6, 6.07) is 7.84. The van der Waals surface area contributed by atoms with Gasteiger partial charge < -0.3 is 14.8 Å². The van der Waals surface area contributed by atoms with E-state index in [4.69, 9.17) is 9.47 Å². The molecule has 1 aromatic carbocycles. The van der Waals surface area contributed by atoms with Gasteiger partial charge in [0.05, 0.1) is 11.1 Å². The van der Waals surface area contributed by atoms with Gasteiger partial charge in [-0.05, 0) is 28.1 Å². The summed E-state index contributed by atoms with van der Waals surface area (Å²) in [5, 5.41) is 3.27. The van der Waals surface area contributed by atoms with Gasteiger partial charge >= 0.3 is 0 Å². The van der Waals surface area contributed by atoms with Crippen LogP contribution in [0.4, 0.5) is 0 Å². The zero-order chi connectivity index (χ0) is 10.5. The van der Waals surface area contributed by atoms with E-state index in [-0.39, 0.29) is 6.10 Å². The van der Waals surface area contributed by atoms with Crippen LogP contribution in [0.5, 0.6) is 5.75 Å². The van der Waals surface area contributed by atoms with Crippen molar-refractivity contribution in [2.45, 2.75) is 6.10 Å². The maximum absolute atomic E-state index is 5.66. The Kier molecular flexibility index (Phi) is 4.00. The molecule has 0 saturated carbocycles. The molecular weight excluding hydrogens is 258 g/mol. The molecule has 82 valence electrons. The number of morpholine rings is 1. The second-order valence-corrected chi connectivity index (χ2v) is 4.29. The molecule has 4 heteroatoms. The zero-order valence-electron chi connectivity index (χ0n) is 8.41. The normalized spacial score (nSPS) is 21.3. The van der Waals surface area contributed by atoms with Crippen LogP contribution in [0, 0.1) is 0 Å². The van der Waals surface area contributed by atoms with E-state index in [9.17, 15) is 0 Å². The topological polar surface area (TPSA) is 30.5 Å². The Hall–Kier alpha value is -0.580. The number of hydrogen-bond acceptors (Lipinski definition) is 3. The maximum atomic E-state index is 5.66. The van der Waals surface area contributed by atoms with Gasteiger partial charge in [-0.2, -0.15) is 0 Å². The van der Waals surface area contributed by atoms with Crippen molar-refractivity contribution in [2.75, 3.05) is 26.3 Å². The molecule has 1 N–H and O–H groups in total. The first-order valence-corrected chi connectivity index (χ1v) is 5.85. The van der Waals surface area contributed by atoms with Crippen molar-refractivity contribution < 1.29 is 9.47 Å². The van der Waals surface area contributed by atoms with E-state index in [1.54, 1.807) is 0 Å². The number of rotatable bonds is 3. The third-order valence-electron chi connectivity index (χ3n) is 2.27. The van der Waals surface area contributed by atoms with Crippen LogP contribution in [0.3, 0.4) is 0 Å². The summed E-state index contributed by atoms with van der Waals surface area (Å²) in [4.78, 5) is 0. The fourth-order valence-corrected chi connectivity index (χ4v) is 1.87. The molecule has 1 aromatic rings. The SMILES string of the molecule is Brc1ccccc1OC[C@@H]1CNCCO1. The maximum Gasteiger partial charge on any atom is 0.133 e. The Bertz CT molecular complexity index is 313. The van der Waals surface area contributed by atoms with Crippen molar-refractivity contribution in [3.63, 3.8) is 0 Å². The van der Waals surface area contributed by atoms with Crippen LogP contribution in [0.15, 0.2) is 28.7 Å². The molecule has 0 aromatic heterocycles. The van der Waals surface area contributed by atoms with Crippen LogP contribution in [-0.2, 0) is 4.74 Å². The van der Waals surface area contributed by atoms with Gasteiger partial charge in [0, 0.05) is 13.1 Å². The lowest BCUT2D eigenvalue weighted by Gasteiger charge is -2.23. The molecule has 1 fully saturated rings. The van der Waals surface area contributed by atoms with Crippen LogP contribution >= 0.6 is 15.9 Å². The number of halogens is 1. The van der Waals surface area contributed by atoms with Gasteiger partial charge in [0.1, 0.15) is 18.5 Å². The Balaban J connectivity index is 1.84. The highest BCUT2D eigenvalue weighted by Crippen LogP contribution is 2.23. The fraction of sp³-hybridized carbons (Fsp3) is 0.455. The molecule has 0 amide bonds. The Morgan fingerprint density at radius 1 is 1.47 bits per heavy atom. The molecule has 0 spiro atoms. The molecule has 0 bridgehead atoms. The van der Waals surface area contributed by atoms with Gasteiger partial charge in [0.15, 0.2) is 0 Å². The summed E-state index contributed by atoms with van der Waals surface area (Å²) in [6.07, 6.45) is 0.158. The van der Waals surface area contributed by atoms with Crippen molar-refractivity contribution >= 4 is 15.9 Å². The standard InChI is InChI=1S/C11H14BrNO2/c12-10-3-1-2-4-11(10)15-8-9-7-13-5-6-14-9/h1-4,9,13H,5-8H2/t9-/m0/s1. The van der Waals surface area contributed by atoms with Crippen molar-refractivity contribution in [1.82, 2.24) is 5.32 Å². The number of benzene rings is 1. The second-order valence-electron chi connectivity index (χ2n) is 3.44. The van der Waals surface area contributed by atoms with E-state index in [1.165, 1.54) is 0 Å². The van der Waals surface area contributed by atoms with Gasteiger partial charge in [-0.15, -0.1) is 0 Å². The second kappa shape index (κ2) is 5.49. The van der Waals surface area contributed by atoms with Crippen LogP contribution in [0.1, 0.15) is 0 Å². The largest absolute Gasteiger partial charge is 0.490 e. The molecule has 0 radical (unpaired) electrons. The highest BCUT2D eigenvalue weighted by molar-refractivity contribution is 9.10. The van der Waals surface area contributed by atoms with E-state index < -0.39 is 0 Å².